The van der Waals surface area contributed by atoms with Crippen LogP contribution in [0.4, 0.5) is 10.2 Å². The average molecular weight is 510 g/mol. The van der Waals surface area contributed by atoms with Crippen LogP contribution in [0, 0.1) is 18.4 Å². The standard InChI is InChI=1S/C26H28FN5O5/c1-3-5-6-10-13-20(33)36-18-14-19(32-16-29-21-22(28)30-25(27)31-23(21)32)37-26(18,4-2)15-35-24(34)17-11-8-7-9-12-17/h2,7-9,11-12,16,18-19H,3,5-6,10,13-15H2,1H3,(H2,28,30,31)/t18-,19+,26+/m0/s1. The second-order valence-corrected chi connectivity index (χ2v) is 8.78. The molecule has 3 atom stereocenters. The lowest BCUT2D eigenvalue weighted by atomic mass is 9.98. The second-order valence-electron chi connectivity index (χ2n) is 8.78. The number of nitrogen functional groups attached to an aromatic ring is 1. The van der Waals surface area contributed by atoms with E-state index in [9.17, 15) is 14.0 Å². The monoisotopic (exact) mass is 509 g/mol. The van der Waals surface area contributed by atoms with Gasteiger partial charge in [0.15, 0.2) is 17.0 Å². The molecule has 10 nitrogen and oxygen atoms in total. The van der Waals surface area contributed by atoms with Gasteiger partial charge in [0.2, 0.25) is 5.60 Å². The summed E-state index contributed by atoms with van der Waals surface area (Å²) in [5, 5.41) is 0. The van der Waals surface area contributed by atoms with Gasteiger partial charge in [0.25, 0.3) is 0 Å². The summed E-state index contributed by atoms with van der Waals surface area (Å²) in [6.07, 6.45) is 8.35. The van der Waals surface area contributed by atoms with Crippen molar-refractivity contribution in [2.24, 2.45) is 0 Å². The van der Waals surface area contributed by atoms with Crippen molar-refractivity contribution in [2.45, 2.75) is 63.4 Å². The highest BCUT2D eigenvalue weighted by Gasteiger charge is 2.52. The van der Waals surface area contributed by atoms with Crippen LogP contribution in [0.15, 0.2) is 36.7 Å². The SMILES string of the molecule is C#C[C@]1(COC(=O)c2ccccc2)O[C@@H](n2cnc3c(N)nc(F)nc32)C[C@@H]1OC(=O)CCCCCC. The summed E-state index contributed by atoms with van der Waals surface area (Å²) in [7, 11) is 0. The smallest absolute Gasteiger partial charge is 0.338 e. The van der Waals surface area contributed by atoms with Gasteiger partial charge in [-0.15, -0.1) is 6.42 Å². The fraction of sp³-hybridized carbons (Fsp3) is 0.423. The molecule has 2 N–H and O–H groups in total. The minimum atomic E-state index is -1.60. The first-order valence-corrected chi connectivity index (χ1v) is 12.1. The van der Waals surface area contributed by atoms with Crippen LogP contribution in [0.25, 0.3) is 11.2 Å². The maximum Gasteiger partial charge on any atom is 0.338 e. The lowest BCUT2D eigenvalue weighted by molar-refractivity contribution is -0.159. The number of anilines is 1. The Labute approximate surface area is 213 Å². The highest BCUT2D eigenvalue weighted by Crippen LogP contribution is 2.40. The van der Waals surface area contributed by atoms with Crippen LogP contribution < -0.4 is 5.73 Å². The largest absolute Gasteiger partial charge is 0.458 e. The van der Waals surface area contributed by atoms with E-state index in [4.69, 9.17) is 26.4 Å². The third kappa shape index (κ3) is 5.70. The van der Waals surface area contributed by atoms with Crippen molar-refractivity contribution in [3.63, 3.8) is 0 Å². The molecular weight excluding hydrogens is 481 g/mol. The average Bonchev–Trinajstić information content (AvgIpc) is 3.47. The molecule has 1 aromatic carbocycles. The van der Waals surface area contributed by atoms with Gasteiger partial charge >= 0.3 is 18.0 Å². The number of unbranched alkanes of at least 4 members (excludes halogenated alkanes) is 3. The summed E-state index contributed by atoms with van der Waals surface area (Å²) in [6.45, 7) is 1.70. The Morgan fingerprint density at radius 2 is 2.05 bits per heavy atom. The second kappa shape index (κ2) is 11.3. The number of esters is 2. The summed E-state index contributed by atoms with van der Waals surface area (Å²) in [5.74, 6) is 1.36. The Hall–Kier alpha value is -4.04. The maximum absolute atomic E-state index is 13.9. The third-order valence-corrected chi connectivity index (χ3v) is 6.19. The molecular formula is C26H28FN5O5. The number of ether oxygens (including phenoxy) is 3. The van der Waals surface area contributed by atoms with Crippen LogP contribution >= 0.6 is 0 Å². The number of nitrogens with two attached hydrogens (primary N) is 1. The van der Waals surface area contributed by atoms with Gasteiger partial charge in [-0.05, 0) is 18.6 Å². The third-order valence-electron chi connectivity index (χ3n) is 6.19. The lowest BCUT2D eigenvalue weighted by Gasteiger charge is -2.28. The predicted octanol–water partition coefficient (Wildman–Crippen LogP) is 3.58. The van der Waals surface area contributed by atoms with E-state index in [0.717, 1.165) is 19.3 Å². The number of aromatic nitrogens is 4. The van der Waals surface area contributed by atoms with Gasteiger partial charge < -0.3 is 19.9 Å². The fourth-order valence-corrected chi connectivity index (χ4v) is 4.22. The lowest BCUT2D eigenvalue weighted by Crippen LogP contribution is -2.45. The molecule has 0 saturated carbocycles. The molecule has 3 heterocycles. The maximum atomic E-state index is 13.9. The van der Waals surface area contributed by atoms with Crippen molar-refractivity contribution in [3.8, 4) is 12.3 Å². The molecule has 0 unspecified atom stereocenters. The quantitative estimate of drug-likeness (QED) is 0.188. The van der Waals surface area contributed by atoms with Crippen molar-refractivity contribution in [1.82, 2.24) is 19.5 Å². The number of nitrogens with zero attached hydrogens (tertiary/aromatic N) is 4. The number of hydrogen-bond donors (Lipinski definition) is 1. The van der Waals surface area contributed by atoms with E-state index < -0.39 is 35.9 Å². The molecule has 1 fully saturated rings. The van der Waals surface area contributed by atoms with Crippen LogP contribution in [0.5, 0.6) is 0 Å². The summed E-state index contributed by atoms with van der Waals surface area (Å²) < 4.78 is 32.8. The molecule has 37 heavy (non-hydrogen) atoms. The first-order chi connectivity index (χ1) is 17.9. The minimum absolute atomic E-state index is 0.0881. The van der Waals surface area contributed by atoms with Crippen molar-refractivity contribution in [2.75, 3.05) is 12.3 Å². The zero-order chi connectivity index (χ0) is 26.4. The Morgan fingerprint density at radius 3 is 2.78 bits per heavy atom. The number of benzene rings is 1. The summed E-state index contributed by atoms with van der Waals surface area (Å²) >= 11 is 0. The van der Waals surface area contributed by atoms with E-state index in [-0.39, 0.29) is 36.4 Å². The number of hydrogen-bond acceptors (Lipinski definition) is 9. The predicted molar refractivity (Wildman–Crippen MR) is 131 cm³/mol. The van der Waals surface area contributed by atoms with Gasteiger partial charge in [0.05, 0.1) is 11.9 Å². The molecule has 0 aliphatic carbocycles. The van der Waals surface area contributed by atoms with E-state index in [1.54, 1.807) is 30.3 Å². The van der Waals surface area contributed by atoms with Crippen molar-refractivity contribution < 1.29 is 28.2 Å². The number of rotatable bonds is 10. The van der Waals surface area contributed by atoms with Crippen LogP contribution in [0.1, 0.15) is 62.0 Å². The Kier molecular flexibility index (Phi) is 7.98. The van der Waals surface area contributed by atoms with Crippen LogP contribution in [0.2, 0.25) is 0 Å². The molecule has 3 aromatic rings. The highest BCUT2D eigenvalue weighted by molar-refractivity contribution is 5.89. The molecule has 0 bridgehead atoms. The molecule has 4 rings (SSSR count). The summed E-state index contributed by atoms with van der Waals surface area (Å²) in [6, 6.07) is 8.39. The molecule has 1 aliphatic heterocycles. The van der Waals surface area contributed by atoms with Crippen LogP contribution in [-0.4, -0.2) is 49.8 Å². The molecule has 0 amide bonds. The summed E-state index contributed by atoms with van der Waals surface area (Å²) in [5.41, 5.74) is 4.79. The van der Waals surface area contributed by atoms with Gasteiger partial charge in [-0.25, -0.2) is 9.78 Å². The number of carbonyl (C=O) groups excluding carboxylic acids is 2. The number of fused-ring (bicyclic) bond motifs is 1. The first kappa shape index (κ1) is 26.0. The normalized spacial score (nSPS) is 21.0. The molecule has 2 aromatic heterocycles. The molecule has 0 spiro atoms. The van der Waals surface area contributed by atoms with Crippen molar-refractivity contribution >= 4 is 28.9 Å². The zero-order valence-electron chi connectivity index (χ0n) is 20.4. The number of terminal acetylenes is 1. The van der Waals surface area contributed by atoms with Gasteiger partial charge in [-0.1, -0.05) is 50.3 Å². The minimum Gasteiger partial charge on any atom is -0.458 e. The first-order valence-electron chi connectivity index (χ1n) is 12.1. The Balaban J connectivity index is 1.58. The molecule has 1 saturated heterocycles. The molecule has 11 heteroatoms. The number of imidazole rings is 1. The fourth-order valence-electron chi connectivity index (χ4n) is 4.22. The topological polar surface area (TPSA) is 131 Å². The van der Waals surface area contributed by atoms with Gasteiger partial charge in [-0.3, -0.25) is 9.36 Å². The van der Waals surface area contributed by atoms with Crippen molar-refractivity contribution in [1.29, 1.82) is 0 Å². The molecule has 194 valence electrons. The van der Waals surface area contributed by atoms with Gasteiger partial charge in [0, 0.05) is 12.8 Å². The number of halogens is 1. The van der Waals surface area contributed by atoms with E-state index in [2.05, 4.69) is 27.8 Å². The zero-order valence-corrected chi connectivity index (χ0v) is 20.4. The van der Waals surface area contributed by atoms with E-state index in [1.807, 2.05) is 0 Å². The van der Waals surface area contributed by atoms with E-state index in [1.165, 1.54) is 10.9 Å². The molecule has 1 aliphatic rings. The van der Waals surface area contributed by atoms with E-state index >= 15 is 0 Å². The summed E-state index contributed by atoms with van der Waals surface area (Å²) in [4.78, 5) is 36.7. The molecule has 0 radical (unpaired) electrons. The van der Waals surface area contributed by atoms with Crippen LogP contribution in [0.3, 0.4) is 0 Å². The Bertz CT molecular complexity index is 1310. The van der Waals surface area contributed by atoms with Crippen LogP contribution in [-0.2, 0) is 19.0 Å². The Morgan fingerprint density at radius 1 is 1.27 bits per heavy atom. The van der Waals surface area contributed by atoms with Gasteiger partial charge in [-0.2, -0.15) is 14.4 Å². The van der Waals surface area contributed by atoms with Gasteiger partial charge in [0.1, 0.15) is 18.9 Å². The highest BCUT2D eigenvalue weighted by atomic mass is 19.1. The number of carbonyl (C=O) groups is 2. The van der Waals surface area contributed by atoms with Crippen molar-refractivity contribution in [3.05, 3.63) is 48.3 Å². The van der Waals surface area contributed by atoms with E-state index in [0.29, 0.717) is 12.0 Å².